The first-order chi connectivity index (χ1) is 16.4. The van der Waals surface area contributed by atoms with Crippen molar-refractivity contribution in [1.29, 1.82) is 0 Å². The number of imidazole rings is 1. The summed E-state index contributed by atoms with van der Waals surface area (Å²) in [5.74, 6) is -0.978. The van der Waals surface area contributed by atoms with Crippen LogP contribution in [0.4, 0.5) is 0 Å². The van der Waals surface area contributed by atoms with Crippen molar-refractivity contribution in [1.82, 2.24) is 19.1 Å². The van der Waals surface area contributed by atoms with Gasteiger partial charge in [0, 0.05) is 28.9 Å². The molecule has 0 aliphatic rings. The predicted molar refractivity (Wildman–Crippen MR) is 132 cm³/mol. The molecule has 0 aliphatic heterocycles. The molecule has 5 rings (SSSR count). The first-order valence-corrected chi connectivity index (χ1v) is 11.3. The summed E-state index contributed by atoms with van der Waals surface area (Å²) in [6.45, 7) is 6.13. The Morgan fingerprint density at radius 2 is 1.85 bits per heavy atom. The minimum Gasteiger partial charge on any atom is -0.481 e. The lowest BCUT2D eigenvalue weighted by Gasteiger charge is -2.17. The fourth-order valence-corrected chi connectivity index (χ4v) is 5.09. The number of aryl methyl sites for hydroxylation is 2. The molecule has 2 aromatic carbocycles. The van der Waals surface area contributed by atoms with Crippen molar-refractivity contribution in [3.8, 4) is 0 Å². The van der Waals surface area contributed by atoms with Crippen LogP contribution >= 0.6 is 0 Å². The number of carboxylic acid groups (broad SMARTS) is 1. The molecule has 2 unspecified atom stereocenters. The fourth-order valence-electron chi connectivity index (χ4n) is 5.09. The Morgan fingerprint density at radius 1 is 1.09 bits per heavy atom. The van der Waals surface area contributed by atoms with Crippen molar-refractivity contribution in [2.45, 2.75) is 39.3 Å². The standard InChI is InChI=1S/C27H26N4O3/c1-16-12-17(2)25-20(15-29-21(25)13-16)18(3)30-22-10-7-11-28-26(22)31(27(30)34)23(14-24(32)33)19-8-5-4-6-9-19/h4-13,15,18,23,29H,14H2,1-3H3,(H,32,33). The average Bonchev–Trinajstić information content (AvgIpc) is 3.36. The number of aliphatic carboxylic acids is 1. The molecule has 0 saturated heterocycles. The number of nitrogens with zero attached hydrogens (tertiary/aromatic N) is 3. The molecule has 2 atom stereocenters. The van der Waals surface area contributed by atoms with E-state index in [9.17, 15) is 14.7 Å². The van der Waals surface area contributed by atoms with E-state index in [0.717, 1.165) is 27.6 Å². The third kappa shape index (κ3) is 3.50. The molecule has 0 spiro atoms. The van der Waals surface area contributed by atoms with Gasteiger partial charge in [0.2, 0.25) is 0 Å². The third-order valence-electron chi connectivity index (χ3n) is 6.52. The lowest BCUT2D eigenvalue weighted by Crippen LogP contribution is -2.31. The SMILES string of the molecule is Cc1cc(C)c2c(C(C)n3c(=O)n(C(CC(=O)O)c4ccccc4)c4ncccc43)c[nH]c2c1. The van der Waals surface area contributed by atoms with Crippen LogP contribution in [0, 0.1) is 13.8 Å². The minimum atomic E-state index is -0.978. The number of hydrogen-bond acceptors (Lipinski definition) is 3. The summed E-state index contributed by atoms with van der Waals surface area (Å²) in [5.41, 5.74) is 5.96. The number of aromatic amines is 1. The van der Waals surface area contributed by atoms with Crippen molar-refractivity contribution >= 4 is 28.0 Å². The van der Waals surface area contributed by atoms with Gasteiger partial charge in [-0.15, -0.1) is 0 Å². The van der Waals surface area contributed by atoms with Gasteiger partial charge in [0.1, 0.15) is 0 Å². The van der Waals surface area contributed by atoms with E-state index in [1.54, 1.807) is 16.8 Å². The Bertz CT molecular complexity index is 1580. The Hall–Kier alpha value is -4.13. The van der Waals surface area contributed by atoms with Gasteiger partial charge < -0.3 is 10.1 Å². The van der Waals surface area contributed by atoms with Crippen molar-refractivity contribution in [3.05, 3.63) is 99.7 Å². The number of carbonyl (C=O) groups is 1. The average molecular weight is 455 g/mol. The molecule has 172 valence electrons. The second-order valence-electron chi connectivity index (χ2n) is 8.82. The molecule has 0 aliphatic carbocycles. The second kappa shape index (κ2) is 8.33. The molecule has 3 aromatic heterocycles. The summed E-state index contributed by atoms with van der Waals surface area (Å²) in [5, 5.41) is 10.8. The first kappa shape index (κ1) is 21.7. The summed E-state index contributed by atoms with van der Waals surface area (Å²) in [7, 11) is 0. The van der Waals surface area contributed by atoms with Crippen LogP contribution in [0.1, 0.15) is 47.7 Å². The van der Waals surface area contributed by atoms with Gasteiger partial charge in [0.05, 0.1) is 24.0 Å². The molecule has 0 radical (unpaired) electrons. The number of fused-ring (bicyclic) bond motifs is 2. The summed E-state index contributed by atoms with van der Waals surface area (Å²) in [4.78, 5) is 33.6. The van der Waals surface area contributed by atoms with Gasteiger partial charge in [-0.25, -0.2) is 9.78 Å². The quantitative estimate of drug-likeness (QED) is 0.379. The van der Waals surface area contributed by atoms with E-state index in [-0.39, 0.29) is 18.2 Å². The molecule has 0 bridgehead atoms. The highest BCUT2D eigenvalue weighted by Crippen LogP contribution is 2.32. The second-order valence-corrected chi connectivity index (χ2v) is 8.82. The van der Waals surface area contributed by atoms with E-state index in [1.165, 1.54) is 10.1 Å². The molecule has 0 fully saturated rings. The Labute approximate surface area is 196 Å². The van der Waals surface area contributed by atoms with Crippen molar-refractivity contribution in [3.63, 3.8) is 0 Å². The van der Waals surface area contributed by atoms with Crippen molar-refractivity contribution in [2.24, 2.45) is 0 Å². The molecule has 5 aromatic rings. The first-order valence-electron chi connectivity index (χ1n) is 11.3. The van der Waals surface area contributed by atoms with Gasteiger partial charge in [-0.05, 0) is 55.7 Å². The van der Waals surface area contributed by atoms with Gasteiger partial charge in [0.25, 0.3) is 0 Å². The zero-order chi connectivity index (χ0) is 24.0. The van der Waals surface area contributed by atoms with Crippen molar-refractivity contribution in [2.75, 3.05) is 0 Å². The third-order valence-corrected chi connectivity index (χ3v) is 6.52. The maximum Gasteiger partial charge on any atom is 0.331 e. The maximum absolute atomic E-state index is 14.0. The summed E-state index contributed by atoms with van der Waals surface area (Å²) in [6.07, 6.45) is 3.37. The molecule has 2 N–H and O–H groups in total. The van der Waals surface area contributed by atoms with Crippen LogP contribution in [0.5, 0.6) is 0 Å². The van der Waals surface area contributed by atoms with E-state index >= 15 is 0 Å². The number of aromatic nitrogens is 4. The highest BCUT2D eigenvalue weighted by molar-refractivity contribution is 5.88. The molecule has 7 nitrogen and oxygen atoms in total. The predicted octanol–water partition coefficient (Wildman–Crippen LogP) is 4.97. The van der Waals surface area contributed by atoms with Crippen LogP contribution in [0.25, 0.3) is 22.1 Å². The fraction of sp³-hybridized carbons (Fsp3) is 0.222. The largest absolute Gasteiger partial charge is 0.481 e. The number of H-pyrrole nitrogens is 1. The molecule has 0 amide bonds. The van der Waals surface area contributed by atoms with Crippen LogP contribution in [0.15, 0.2) is 71.8 Å². The van der Waals surface area contributed by atoms with Crippen LogP contribution in [0.2, 0.25) is 0 Å². The smallest absolute Gasteiger partial charge is 0.331 e. The number of rotatable bonds is 6. The molecule has 0 saturated carbocycles. The summed E-state index contributed by atoms with van der Waals surface area (Å²) < 4.78 is 3.25. The number of nitrogens with one attached hydrogen (secondary N) is 1. The van der Waals surface area contributed by atoms with E-state index in [1.807, 2.05) is 49.5 Å². The van der Waals surface area contributed by atoms with Crippen LogP contribution in [-0.2, 0) is 4.79 Å². The Kier molecular flexibility index (Phi) is 5.32. The zero-order valence-electron chi connectivity index (χ0n) is 19.3. The van der Waals surface area contributed by atoms with Crippen LogP contribution in [0.3, 0.4) is 0 Å². The number of carboxylic acids is 1. The van der Waals surface area contributed by atoms with Gasteiger partial charge in [-0.1, -0.05) is 36.4 Å². The van der Waals surface area contributed by atoms with E-state index < -0.39 is 12.0 Å². The van der Waals surface area contributed by atoms with E-state index in [0.29, 0.717) is 11.2 Å². The normalized spacial score (nSPS) is 13.4. The Balaban J connectivity index is 1.75. The lowest BCUT2D eigenvalue weighted by molar-refractivity contribution is -0.137. The van der Waals surface area contributed by atoms with Gasteiger partial charge in [0.15, 0.2) is 5.65 Å². The van der Waals surface area contributed by atoms with Gasteiger partial charge in [-0.3, -0.25) is 13.9 Å². The summed E-state index contributed by atoms with van der Waals surface area (Å²) >= 11 is 0. The minimum absolute atomic E-state index is 0.223. The van der Waals surface area contributed by atoms with Gasteiger partial charge in [-0.2, -0.15) is 0 Å². The summed E-state index contributed by atoms with van der Waals surface area (Å²) in [6, 6.07) is 16.2. The lowest BCUT2D eigenvalue weighted by atomic mass is 10.0. The van der Waals surface area contributed by atoms with Crippen LogP contribution in [-0.4, -0.2) is 30.2 Å². The molecule has 34 heavy (non-hydrogen) atoms. The topological polar surface area (TPSA) is 92.9 Å². The molecule has 7 heteroatoms. The van der Waals surface area contributed by atoms with Crippen molar-refractivity contribution < 1.29 is 9.90 Å². The monoisotopic (exact) mass is 454 g/mol. The Morgan fingerprint density at radius 3 is 2.59 bits per heavy atom. The van der Waals surface area contributed by atoms with E-state index in [2.05, 4.69) is 35.9 Å². The number of benzene rings is 2. The highest BCUT2D eigenvalue weighted by atomic mass is 16.4. The number of pyridine rings is 1. The molecule has 3 heterocycles. The van der Waals surface area contributed by atoms with Gasteiger partial charge >= 0.3 is 11.7 Å². The number of hydrogen-bond donors (Lipinski definition) is 2. The molecular formula is C27H26N4O3. The maximum atomic E-state index is 14.0. The van der Waals surface area contributed by atoms with E-state index in [4.69, 9.17) is 0 Å². The zero-order valence-corrected chi connectivity index (χ0v) is 19.3. The highest BCUT2D eigenvalue weighted by Gasteiger charge is 2.28. The van der Waals surface area contributed by atoms with Crippen LogP contribution < -0.4 is 5.69 Å². The molecular weight excluding hydrogens is 428 g/mol.